The van der Waals surface area contributed by atoms with Gasteiger partial charge in [0.25, 0.3) is 5.91 Å². The summed E-state index contributed by atoms with van der Waals surface area (Å²) in [6, 6.07) is 12.9. The fourth-order valence-corrected chi connectivity index (χ4v) is 3.35. The Morgan fingerprint density at radius 1 is 1.04 bits per heavy atom. The Morgan fingerprint density at radius 2 is 1.75 bits per heavy atom. The summed E-state index contributed by atoms with van der Waals surface area (Å²) in [6.07, 6.45) is 0. The van der Waals surface area contributed by atoms with Crippen LogP contribution in [0.4, 0.5) is 11.4 Å². The molecule has 0 atom stereocenters. The minimum absolute atomic E-state index is 0.0452. The van der Waals surface area contributed by atoms with Crippen LogP contribution in [0.1, 0.15) is 21.7 Å². The first-order valence-electron chi connectivity index (χ1n) is 8.36. The smallest absolute Gasteiger partial charge is 0.278 e. The van der Waals surface area contributed by atoms with E-state index in [1.807, 2.05) is 37.3 Å². The monoisotopic (exact) mass is 505 g/mol. The van der Waals surface area contributed by atoms with Crippen LogP contribution >= 0.6 is 31.9 Å². The molecule has 0 fully saturated rings. The minimum Gasteiger partial charge on any atom is -0.324 e. The summed E-state index contributed by atoms with van der Waals surface area (Å²) in [6.45, 7) is 3.62. The van der Waals surface area contributed by atoms with Crippen molar-refractivity contribution in [2.24, 2.45) is 0 Å². The maximum absolute atomic E-state index is 12.5. The number of rotatable bonds is 5. The number of nitrogens with zero attached hydrogens (tertiary/aromatic N) is 3. The minimum atomic E-state index is -0.387. The van der Waals surface area contributed by atoms with Gasteiger partial charge in [-0.3, -0.25) is 9.59 Å². The molecule has 3 aromatic rings. The second-order valence-electron chi connectivity index (χ2n) is 6.17. The van der Waals surface area contributed by atoms with E-state index in [0.29, 0.717) is 17.1 Å². The van der Waals surface area contributed by atoms with Crippen LogP contribution in [0.2, 0.25) is 0 Å². The van der Waals surface area contributed by atoms with Crippen molar-refractivity contribution in [1.29, 1.82) is 0 Å². The third kappa shape index (κ3) is 4.85. The van der Waals surface area contributed by atoms with Gasteiger partial charge in [-0.15, -0.1) is 5.10 Å². The van der Waals surface area contributed by atoms with Crippen molar-refractivity contribution < 1.29 is 9.59 Å². The van der Waals surface area contributed by atoms with Gasteiger partial charge in [0.05, 0.1) is 11.4 Å². The Hall–Kier alpha value is -2.52. The van der Waals surface area contributed by atoms with E-state index < -0.39 is 0 Å². The average Bonchev–Trinajstić information content (AvgIpc) is 3.00. The van der Waals surface area contributed by atoms with Crippen molar-refractivity contribution in [2.75, 3.05) is 10.6 Å². The number of aryl methyl sites for hydroxylation is 1. The van der Waals surface area contributed by atoms with Gasteiger partial charge < -0.3 is 10.6 Å². The molecule has 3 rings (SSSR count). The molecule has 0 unspecified atom stereocenters. The second-order valence-corrected chi connectivity index (χ2v) is 7.94. The van der Waals surface area contributed by atoms with Crippen molar-refractivity contribution in [3.8, 4) is 0 Å². The van der Waals surface area contributed by atoms with Gasteiger partial charge in [-0.2, -0.15) is 0 Å². The quantitative estimate of drug-likeness (QED) is 0.539. The predicted molar refractivity (Wildman–Crippen MR) is 114 cm³/mol. The van der Waals surface area contributed by atoms with Crippen molar-refractivity contribution in [3.05, 3.63) is 68.4 Å². The third-order valence-electron chi connectivity index (χ3n) is 3.99. The van der Waals surface area contributed by atoms with Gasteiger partial charge in [0.15, 0.2) is 5.69 Å². The topological polar surface area (TPSA) is 88.9 Å². The molecular weight excluding hydrogens is 490 g/mol. The summed E-state index contributed by atoms with van der Waals surface area (Å²) >= 11 is 6.78. The molecule has 2 aromatic carbocycles. The Balaban J connectivity index is 1.68. The molecule has 144 valence electrons. The number of nitrogens with one attached hydrogen (secondary N) is 2. The molecule has 0 aliphatic carbocycles. The van der Waals surface area contributed by atoms with E-state index in [0.717, 1.165) is 14.5 Å². The van der Waals surface area contributed by atoms with Crippen LogP contribution in [0.3, 0.4) is 0 Å². The zero-order valence-corrected chi connectivity index (χ0v) is 18.3. The number of amides is 2. The van der Waals surface area contributed by atoms with Crippen molar-refractivity contribution >= 4 is 55.0 Å². The fraction of sp³-hybridized carbons (Fsp3) is 0.158. The molecule has 0 saturated heterocycles. The highest BCUT2D eigenvalue weighted by Gasteiger charge is 2.19. The summed E-state index contributed by atoms with van der Waals surface area (Å²) in [5, 5.41) is 13.4. The Kier molecular flexibility index (Phi) is 6.25. The van der Waals surface area contributed by atoms with Crippen LogP contribution in [0.15, 0.2) is 51.4 Å². The Bertz CT molecular complexity index is 1030. The van der Waals surface area contributed by atoms with Crippen LogP contribution < -0.4 is 10.6 Å². The molecule has 0 aliphatic rings. The van der Waals surface area contributed by atoms with Crippen LogP contribution in [0.25, 0.3) is 0 Å². The van der Waals surface area contributed by atoms with E-state index in [9.17, 15) is 9.59 Å². The number of aromatic nitrogens is 3. The van der Waals surface area contributed by atoms with Gasteiger partial charge >= 0.3 is 0 Å². The van der Waals surface area contributed by atoms with Gasteiger partial charge in [0, 0.05) is 14.6 Å². The molecule has 1 heterocycles. The van der Waals surface area contributed by atoms with Crippen LogP contribution in [0.5, 0.6) is 0 Å². The van der Waals surface area contributed by atoms with Gasteiger partial charge in [-0.05, 0) is 71.7 Å². The molecule has 0 bridgehead atoms. The summed E-state index contributed by atoms with van der Waals surface area (Å²) in [5.74, 6) is -0.648. The van der Waals surface area contributed by atoms with Crippen LogP contribution in [-0.2, 0) is 11.3 Å². The Labute approximate surface area is 178 Å². The van der Waals surface area contributed by atoms with E-state index in [-0.39, 0.29) is 24.1 Å². The summed E-state index contributed by atoms with van der Waals surface area (Å²) in [4.78, 5) is 24.8. The number of hydrogen-bond acceptors (Lipinski definition) is 4. The largest absolute Gasteiger partial charge is 0.324 e. The highest BCUT2D eigenvalue weighted by atomic mass is 79.9. The zero-order valence-electron chi connectivity index (χ0n) is 15.2. The van der Waals surface area contributed by atoms with E-state index in [2.05, 4.69) is 52.8 Å². The molecule has 0 spiro atoms. The molecular formula is C19H17Br2N5O2. The highest BCUT2D eigenvalue weighted by molar-refractivity contribution is 9.10. The predicted octanol–water partition coefficient (Wildman–Crippen LogP) is 4.31. The lowest BCUT2D eigenvalue weighted by Crippen LogP contribution is -2.21. The van der Waals surface area contributed by atoms with Gasteiger partial charge in [0.1, 0.15) is 6.54 Å². The fourth-order valence-electron chi connectivity index (χ4n) is 2.49. The maximum Gasteiger partial charge on any atom is 0.278 e. The standard InChI is InChI=1S/C19H17Br2N5O2/c1-11-3-8-16(15(21)9-11)23-19(28)18-12(2)26(25-24-18)10-17(27)22-14-6-4-13(20)5-7-14/h3-9H,10H2,1-2H3,(H,22,27)(H,23,28). The van der Waals surface area contributed by atoms with Crippen LogP contribution in [0, 0.1) is 13.8 Å². The summed E-state index contributed by atoms with van der Waals surface area (Å²) in [7, 11) is 0. The lowest BCUT2D eigenvalue weighted by atomic mass is 10.2. The first kappa shape index (κ1) is 20.2. The molecule has 1 aromatic heterocycles. The number of carbonyl (C=O) groups is 2. The third-order valence-corrected chi connectivity index (χ3v) is 5.18. The molecule has 0 radical (unpaired) electrons. The van der Waals surface area contributed by atoms with Crippen LogP contribution in [-0.4, -0.2) is 26.8 Å². The summed E-state index contributed by atoms with van der Waals surface area (Å²) in [5.41, 5.74) is 3.06. The van der Waals surface area contributed by atoms with E-state index in [1.165, 1.54) is 4.68 Å². The van der Waals surface area contributed by atoms with Crippen molar-refractivity contribution in [3.63, 3.8) is 0 Å². The lowest BCUT2D eigenvalue weighted by Gasteiger charge is -2.08. The van der Waals surface area contributed by atoms with Crippen molar-refractivity contribution in [2.45, 2.75) is 20.4 Å². The number of halogens is 2. The number of carbonyl (C=O) groups excluding carboxylic acids is 2. The number of benzene rings is 2. The first-order valence-corrected chi connectivity index (χ1v) is 9.95. The molecule has 0 aliphatic heterocycles. The van der Waals surface area contributed by atoms with Gasteiger partial charge in [-0.25, -0.2) is 4.68 Å². The molecule has 7 nitrogen and oxygen atoms in total. The van der Waals surface area contributed by atoms with Gasteiger partial charge in [0.2, 0.25) is 5.91 Å². The zero-order chi connectivity index (χ0) is 20.3. The second kappa shape index (κ2) is 8.66. The molecule has 0 saturated carbocycles. The van der Waals surface area contributed by atoms with E-state index in [1.54, 1.807) is 19.1 Å². The molecule has 9 heteroatoms. The SMILES string of the molecule is Cc1ccc(NC(=O)c2nnn(CC(=O)Nc3ccc(Br)cc3)c2C)c(Br)c1. The van der Waals surface area contributed by atoms with E-state index >= 15 is 0 Å². The lowest BCUT2D eigenvalue weighted by molar-refractivity contribution is -0.117. The maximum atomic E-state index is 12.5. The van der Waals surface area contributed by atoms with Gasteiger partial charge in [-0.1, -0.05) is 27.2 Å². The molecule has 28 heavy (non-hydrogen) atoms. The first-order chi connectivity index (χ1) is 13.3. The van der Waals surface area contributed by atoms with E-state index in [4.69, 9.17) is 0 Å². The molecule has 2 amide bonds. The number of hydrogen-bond donors (Lipinski definition) is 2. The average molecular weight is 507 g/mol. The highest BCUT2D eigenvalue weighted by Crippen LogP contribution is 2.24. The number of anilines is 2. The molecule has 2 N–H and O–H groups in total. The van der Waals surface area contributed by atoms with Crippen molar-refractivity contribution in [1.82, 2.24) is 15.0 Å². The summed E-state index contributed by atoms with van der Waals surface area (Å²) < 4.78 is 3.10. The Morgan fingerprint density at radius 3 is 2.43 bits per heavy atom. The normalized spacial score (nSPS) is 10.6.